The molecule has 3 N–H and O–H groups in total. The van der Waals surface area contributed by atoms with Crippen molar-refractivity contribution in [3.05, 3.63) is 0 Å². The van der Waals surface area contributed by atoms with E-state index in [1.807, 2.05) is 0 Å². The highest BCUT2D eigenvalue weighted by Crippen LogP contribution is 2.26. The second kappa shape index (κ2) is 11.2. The third-order valence-electron chi connectivity index (χ3n) is 6.52. The van der Waals surface area contributed by atoms with Gasteiger partial charge in [0.1, 0.15) is 0 Å². The molecule has 0 bridgehead atoms. The van der Waals surface area contributed by atoms with Gasteiger partial charge in [0, 0.05) is 51.4 Å². The summed E-state index contributed by atoms with van der Waals surface area (Å²) in [6, 6.07) is 1.42. The van der Waals surface area contributed by atoms with Crippen molar-refractivity contribution in [2.75, 3.05) is 45.8 Å². The Hall–Kier alpha value is -0.850. The van der Waals surface area contributed by atoms with E-state index in [0.29, 0.717) is 6.04 Å². The molecule has 2 aliphatic heterocycles. The summed E-state index contributed by atoms with van der Waals surface area (Å²) in [4.78, 5) is 9.99. The summed E-state index contributed by atoms with van der Waals surface area (Å²) in [5.41, 5.74) is 0. The van der Waals surface area contributed by atoms with Gasteiger partial charge in [-0.15, -0.1) is 0 Å². The Bertz CT molecular complexity index is 436. The predicted molar refractivity (Wildman–Crippen MR) is 112 cm³/mol. The van der Waals surface area contributed by atoms with E-state index in [4.69, 9.17) is 4.99 Å². The van der Waals surface area contributed by atoms with Gasteiger partial charge in [0.15, 0.2) is 5.96 Å². The number of aliphatic hydroxyl groups excluding tert-OH is 1. The molecular formula is C21H41N5O. The fourth-order valence-corrected chi connectivity index (χ4v) is 4.82. The quantitative estimate of drug-likeness (QED) is 0.358. The number of aliphatic hydroxyl groups is 1. The first kappa shape index (κ1) is 20.9. The second-order valence-electron chi connectivity index (χ2n) is 8.58. The fraction of sp³-hybridized carbons (Fsp3) is 0.952. The SMILES string of the molecule is CCNC(=NCCCN1CCC(O)CC1)NC1CCN(C2CCCC2)CC1. The van der Waals surface area contributed by atoms with Gasteiger partial charge in [0.2, 0.25) is 0 Å². The Balaban J connectivity index is 1.35. The summed E-state index contributed by atoms with van der Waals surface area (Å²) < 4.78 is 0. The van der Waals surface area contributed by atoms with Crippen molar-refractivity contribution in [2.45, 2.75) is 82.9 Å². The number of piperidine rings is 2. The molecular weight excluding hydrogens is 338 g/mol. The van der Waals surface area contributed by atoms with Crippen LogP contribution in [0.3, 0.4) is 0 Å². The maximum atomic E-state index is 9.60. The first-order valence-corrected chi connectivity index (χ1v) is 11.4. The van der Waals surface area contributed by atoms with E-state index in [2.05, 4.69) is 27.4 Å². The van der Waals surface area contributed by atoms with E-state index in [1.165, 1.54) is 51.6 Å². The van der Waals surface area contributed by atoms with Crippen LogP contribution in [-0.2, 0) is 0 Å². The van der Waals surface area contributed by atoms with Crippen LogP contribution in [0.2, 0.25) is 0 Å². The average Bonchev–Trinajstić information content (AvgIpc) is 3.22. The minimum atomic E-state index is -0.0797. The summed E-state index contributed by atoms with van der Waals surface area (Å²) in [5.74, 6) is 0.992. The van der Waals surface area contributed by atoms with Crippen LogP contribution in [0.25, 0.3) is 0 Å². The van der Waals surface area contributed by atoms with E-state index in [9.17, 15) is 5.11 Å². The van der Waals surface area contributed by atoms with Crippen molar-refractivity contribution in [3.8, 4) is 0 Å². The molecule has 3 fully saturated rings. The lowest BCUT2D eigenvalue weighted by molar-refractivity contribution is 0.0824. The molecule has 156 valence electrons. The number of hydrogen-bond acceptors (Lipinski definition) is 4. The topological polar surface area (TPSA) is 63.1 Å². The maximum absolute atomic E-state index is 9.60. The molecule has 6 heteroatoms. The zero-order valence-corrected chi connectivity index (χ0v) is 17.3. The van der Waals surface area contributed by atoms with Crippen LogP contribution < -0.4 is 10.6 Å². The number of rotatable bonds is 7. The minimum absolute atomic E-state index is 0.0797. The van der Waals surface area contributed by atoms with E-state index < -0.39 is 0 Å². The zero-order valence-electron chi connectivity index (χ0n) is 17.3. The smallest absolute Gasteiger partial charge is 0.191 e. The Labute approximate surface area is 165 Å². The van der Waals surface area contributed by atoms with Gasteiger partial charge in [-0.25, -0.2) is 0 Å². The third kappa shape index (κ3) is 6.91. The van der Waals surface area contributed by atoms with Gasteiger partial charge >= 0.3 is 0 Å². The van der Waals surface area contributed by atoms with Gasteiger partial charge in [0.05, 0.1) is 6.10 Å². The van der Waals surface area contributed by atoms with Gasteiger partial charge in [-0.3, -0.25) is 4.99 Å². The monoisotopic (exact) mass is 379 g/mol. The highest BCUT2D eigenvalue weighted by atomic mass is 16.3. The molecule has 27 heavy (non-hydrogen) atoms. The molecule has 1 saturated carbocycles. The van der Waals surface area contributed by atoms with Crippen molar-refractivity contribution >= 4 is 5.96 Å². The average molecular weight is 380 g/mol. The summed E-state index contributed by atoms with van der Waals surface area (Å²) in [5, 5.41) is 16.7. The van der Waals surface area contributed by atoms with Crippen LogP contribution in [0.5, 0.6) is 0 Å². The van der Waals surface area contributed by atoms with Crippen LogP contribution in [0.1, 0.15) is 64.7 Å². The number of guanidine groups is 1. The summed E-state index contributed by atoms with van der Waals surface area (Å²) in [6.07, 6.45) is 11.0. The molecule has 0 unspecified atom stereocenters. The van der Waals surface area contributed by atoms with Crippen molar-refractivity contribution in [2.24, 2.45) is 4.99 Å². The third-order valence-corrected chi connectivity index (χ3v) is 6.52. The molecule has 2 saturated heterocycles. The van der Waals surface area contributed by atoms with Crippen molar-refractivity contribution < 1.29 is 5.11 Å². The van der Waals surface area contributed by atoms with Crippen molar-refractivity contribution in [3.63, 3.8) is 0 Å². The number of likely N-dealkylation sites (tertiary alicyclic amines) is 2. The first-order valence-electron chi connectivity index (χ1n) is 11.4. The number of aliphatic imine (C=N–C) groups is 1. The molecule has 0 spiro atoms. The van der Waals surface area contributed by atoms with E-state index in [0.717, 1.165) is 64.0 Å². The largest absolute Gasteiger partial charge is 0.393 e. The van der Waals surface area contributed by atoms with Gasteiger partial charge in [-0.1, -0.05) is 12.8 Å². The van der Waals surface area contributed by atoms with Gasteiger partial charge in [0.25, 0.3) is 0 Å². The molecule has 2 heterocycles. The summed E-state index contributed by atoms with van der Waals surface area (Å²) in [6.45, 7) is 9.55. The fourth-order valence-electron chi connectivity index (χ4n) is 4.82. The molecule has 3 rings (SSSR count). The summed E-state index contributed by atoms with van der Waals surface area (Å²) in [7, 11) is 0. The molecule has 0 aromatic heterocycles. The molecule has 0 amide bonds. The Morgan fingerprint density at radius 1 is 1.00 bits per heavy atom. The molecule has 1 aliphatic carbocycles. The van der Waals surface area contributed by atoms with Crippen LogP contribution in [0.4, 0.5) is 0 Å². The van der Waals surface area contributed by atoms with Crippen molar-refractivity contribution in [1.82, 2.24) is 20.4 Å². The Morgan fingerprint density at radius 2 is 1.70 bits per heavy atom. The molecule has 0 aromatic carbocycles. The van der Waals surface area contributed by atoms with E-state index in [1.54, 1.807) is 0 Å². The predicted octanol–water partition coefficient (Wildman–Crippen LogP) is 1.80. The lowest BCUT2D eigenvalue weighted by atomic mass is 10.0. The van der Waals surface area contributed by atoms with Crippen LogP contribution in [-0.4, -0.2) is 84.9 Å². The Kier molecular flexibility index (Phi) is 8.68. The van der Waals surface area contributed by atoms with E-state index >= 15 is 0 Å². The number of nitrogens with zero attached hydrogens (tertiary/aromatic N) is 3. The summed E-state index contributed by atoms with van der Waals surface area (Å²) >= 11 is 0. The van der Waals surface area contributed by atoms with Crippen molar-refractivity contribution in [1.29, 1.82) is 0 Å². The zero-order chi connectivity index (χ0) is 18.9. The lowest BCUT2D eigenvalue weighted by Gasteiger charge is -2.36. The van der Waals surface area contributed by atoms with Crippen LogP contribution >= 0.6 is 0 Å². The van der Waals surface area contributed by atoms with Gasteiger partial charge in [-0.2, -0.15) is 0 Å². The second-order valence-corrected chi connectivity index (χ2v) is 8.58. The molecule has 0 atom stereocenters. The number of nitrogens with one attached hydrogen (secondary N) is 2. The lowest BCUT2D eigenvalue weighted by Crippen LogP contribution is -2.50. The molecule has 0 radical (unpaired) electrons. The van der Waals surface area contributed by atoms with Gasteiger partial charge in [-0.05, 0) is 58.4 Å². The van der Waals surface area contributed by atoms with Gasteiger partial charge < -0.3 is 25.5 Å². The minimum Gasteiger partial charge on any atom is -0.393 e. The maximum Gasteiger partial charge on any atom is 0.191 e. The molecule has 3 aliphatic rings. The van der Waals surface area contributed by atoms with Crippen LogP contribution in [0.15, 0.2) is 4.99 Å². The highest BCUT2D eigenvalue weighted by Gasteiger charge is 2.27. The van der Waals surface area contributed by atoms with Crippen LogP contribution in [0, 0.1) is 0 Å². The van der Waals surface area contributed by atoms with E-state index in [-0.39, 0.29) is 6.10 Å². The molecule has 6 nitrogen and oxygen atoms in total. The first-order chi connectivity index (χ1) is 13.2. The highest BCUT2D eigenvalue weighted by molar-refractivity contribution is 5.80. The normalized spacial score (nSPS) is 25.2. The number of hydrogen-bond donors (Lipinski definition) is 3. The molecule has 0 aromatic rings. The standard InChI is InChI=1S/C21H41N5O/c1-2-22-21(23-12-5-13-25-14-10-20(27)11-15-25)24-18-8-16-26(17-9-18)19-6-3-4-7-19/h18-20,27H,2-17H2,1H3,(H2,22,23,24). The Morgan fingerprint density at radius 3 is 2.37 bits per heavy atom.